The predicted octanol–water partition coefficient (Wildman–Crippen LogP) is 18.6. The van der Waals surface area contributed by atoms with Gasteiger partial charge in [-0.3, -0.25) is 4.79 Å². The molecule has 0 spiro atoms. The zero-order valence-electron chi connectivity index (χ0n) is 37.1. The molecule has 0 aliphatic carbocycles. The fourth-order valence-electron chi connectivity index (χ4n) is 7.94. The van der Waals surface area contributed by atoms with Crippen molar-refractivity contribution in [3.8, 4) is 27.7 Å². The lowest BCUT2D eigenvalue weighted by Crippen LogP contribution is -2.06. The third-order valence-corrected chi connectivity index (χ3v) is 15.3. The monoisotopic (exact) mass is 853 g/mol. The van der Waals surface area contributed by atoms with E-state index in [0.717, 1.165) is 53.2 Å². The zero-order chi connectivity index (χ0) is 40.9. The molecule has 4 aromatic rings. The van der Waals surface area contributed by atoms with Crippen LogP contribution >= 0.6 is 34.0 Å². The molecular weight excluding hydrogens is 773 g/mol. The number of carbonyl (C=O) groups is 1. The van der Waals surface area contributed by atoms with Gasteiger partial charge in [0.2, 0.25) is 5.75 Å². The maximum Gasteiger partial charge on any atom is 0.203 e. The summed E-state index contributed by atoms with van der Waals surface area (Å²) in [5.41, 5.74) is 1.12. The van der Waals surface area contributed by atoms with Crippen LogP contribution < -0.4 is 14.2 Å². The molecule has 0 aliphatic rings. The molecule has 1 aromatic carbocycles. The van der Waals surface area contributed by atoms with Crippen molar-refractivity contribution >= 4 is 59.1 Å². The first-order valence-electron chi connectivity index (χ1n) is 24.2. The molecule has 0 amide bonds. The van der Waals surface area contributed by atoms with Crippen LogP contribution in [-0.4, -0.2) is 26.1 Å². The first-order chi connectivity index (χ1) is 28.7. The maximum absolute atomic E-state index is 11.6. The second-order valence-corrected chi connectivity index (χ2v) is 20.0. The third kappa shape index (κ3) is 18.3. The minimum Gasteiger partial charge on any atom is -0.490 e. The predicted molar refractivity (Wildman–Crippen MR) is 258 cm³/mol. The minimum absolute atomic E-state index is 0.684. The summed E-state index contributed by atoms with van der Waals surface area (Å²) >= 11 is 5.20. The number of rotatable bonds is 38. The molecule has 0 bridgehead atoms. The highest BCUT2D eigenvalue weighted by Crippen LogP contribution is 2.49. The van der Waals surface area contributed by atoms with Crippen molar-refractivity contribution in [3.63, 3.8) is 0 Å². The van der Waals surface area contributed by atoms with E-state index in [2.05, 4.69) is 39.0 Å². The molecule has 0 saturated carbocycles. The lowest BCUT2D eigenvalue weighted by molar-refractivity contribution is 0.112. The van der Waals surface area contributed by atoms with Gasteiger partial charge in [0.25, 0.3) is 0 Å². The smallest absolute Gasteiger partial charge is 0.203 e. The van der Waals surface area contributed by atoms with Crippen molar-refractivity contribution in [1.82, 2.24) is 0 Å². The Bertz CT molecular complexity index is 1590. The van der Waals surface area contributed by atoms with E-state index in [4.69, 9.17) is 14.2 Å². The Hall–Kier alpha value is -2.09. The van der Waals surface area contributed by atoms with Crippen molar-refractivity contribution in [3.05, 3.63) is 29.1 Å². The number of hydrogen-bond acceptors (Lipinski definition) is 7. The lowest BCUT2D eigenvalue weighted by Gasteiger charge is -2.19. The van der Waals surface area contributed by atoms with Gasteiger partial charge in [-0.1, -0.05) is 194 Å². The minimum atomic E-state index is 0.684. The van der Waals surface area contributed by atoms with Gasteiger partial charge < -0.3 is 14.2 Å². The molecule has 3 aromatic heterocycles. The Morgan fingerprint density at radius 2 is 0.776 bits per heavy atom. The van der Waals surface area contributed by atoms with E-state index in [1.807, 2.05) is 17.4 Å². The number of carbonyl (C=O) groups excluding carboxylic acids is 1. The molecule has 7 heteroatoms. The largest absolute Gasteiger partial charge is 0.490 e. The van der Waals surface area contributed by atoms with Gasteiger partial charge in [0.1, 0.15) is 0 Å². The van der Waals surface area contributed by atoms with E-state index in [0.29, 0.717) is 19.8 Å². The van der Waals surface area contributed by atoms with Crippen LogP contribution in [-0.2, 0) is 0 Å². The molecule has 0 N–H and O–H groups in total. The van der Waals surface area contributed by atoms with Gasteiger partial charge in [-0.2, -0.15) is 0 Å². The summed E-state index contributed by atoms with van der Waals surface area (Å²) in [6, 6.07) is 8.75. The Kier molecular flexibility index (Phi) is 25.8. The summed E-state index contributed by atoms with van der Waals surface area (Å²) in [6.07, 6.45) is 40.2. The van der Waals surface area contributed by atoms with Crippen molar-refractivity contribution in [2.45, 2.75) is 213 Å². The van der Waals surface area contributed by atoms with Gasteiger partial charge in [0.15, 0.2) is 17.8 Å². The van der Waals surface area contributed by atoms with Crippen molar-refractivity contribution in [2.75, 3.05) is 19.8 Å². The van der Waals surface area contributed by atoms with Gasteiger partial charge in [-0.25, -0.2) is 0 Å². The normalized spacial score (nSPS) is 11.6. The number of aldehydes is 1. The quantitative estimate of drug-likeness (QED) is 0.0333. The Morgan fingerprint density at radius 3 is 1.19 bits per heavy atom. The first kappa shape index (κ1) is 48.6. The number of hydrogen-bond donors (Lipinski definition) is 0. The van der Waals surface area contributed by atoms with Gasteiger partial charge in [0.05, 0.1) is 34.1 Å². The van der Waals surface area contributed by atoms with Gasteiger partial charge in [-0.15, -0.1) is 34.0 Å². The molecule has 326 valence electrons. The summed E-state index contributed by atoms with van der Waals surface area (Å²) in [5, 5.41) is 0. The number of unbranched alkanes of at least 4 members (excludes halogenated alkanes) is 27. The van der Waals surface area contributed by atoms with Crippen LogP contribution in [0.2, 0.25) is 0 Å². The Balaban J connectivity index is 1.42. The molecule has 3 heterocycles. The van der Waals surface area contributed by atoms with E-state index in [1.165, 1.54) is 197 Å². The molecule has 0 saturated heterocycles. The summed E-state index contributed by atoms with van der Waals surface area (Å²) in [7, 11) is 0. The molecule has 4 nitrogen and oxygen atoms in total. The average molecular weight is 853 g/mol. The topological polar surface area (TPSA) is 44.8 Å². The highest BCUT2D eigenvalue weighted by atomic mass is 32.1. The summed E-state index contributed by atoms with van der Waals surface area (Å²) in [4.78, 5) is 13.6. The van der Waals surface area contributed by atoms with E-state index in [9.17, 15) is 4.79 Å². The molecule has 0 unspecified atom stereocenters. The van der Waals surface area contributed by atoms with Crippen molar-refractivity contribution < 1.29 is 19.0 Å². The summed E-state index contributed by atoms with van der Waals surface area (Å²) < 4.78 is 25.0. The molecule has 0 atom stereocenters. The number of ether oxygens (including phenoxy) is 3. The molecular formula is C51H80O4S3. The number of benzene rings is 1. The molecule has 4 rings (SSSR count). The zero-order valence-corrected chi connectivity index (χ0v) is 39.5. The molecule has 0 aliphatic heterocycles. The van der Waals surface area contributed by atoms with E-state index >= 15 is 0 Å². The van der Waals surface area contributed by atoms with Crippen LogP contribution in [0.15, 0.2) is 24.3 Å². The summed E-state index contributed by atoms with van der Waals surface area (Å²) in [5.74, 6) is 2.42. The Morgan fingerprint density at radius 1 is 0.414 bits per heavy atom. The van der Waals surface area contributed by atoms with Crippen LogP contribution in [0.4, 0.5) is 0 Å². The number of thiophene rings is 3. The SMILES string of the molecule is CCCCCCCCCCCCOc1cc(-c2cc3sc4cc(C=O)sc4c3s2)cc(OCCCCCCCCCCCC)c1OCCCCCCCCCCCC. The van der Waals surface area contributed by atoms with Gasteiger partial charge in [0, 0.05) is 14.3 Å². The van der Waals surface area contributed by atoms with Crippen LogP contribution in [0.5, 0.6) is 17.2 Å². The maximum atomic E-state index is 11.6. The van der Waals surface area contributed by atoms with Crippen LogP contribution in [0.1, 0.15) is 223 Å². The van der Waals surface area contributed by atoms with Crippen LogP contribution in [0, 0.1) is 0 Å². The number of fused-ring (bicyclic) bond motifs is 3. The Labute approximate surface area is 366 Å². The molecule has 0 fully saturated rings. The van der Waals surface area contributed by atoms with Crippen molar-refractivity contribution in [2.24, 2.45) is 0 Å². The van der Waals surface area contributed by atoms with Gasteiger partial charge >= 0.3 is 0 Å². The second-order valence-electron chi connectivity index (χ2n) is 16.8. The second kappa shape index (κ2) is 30.9. The van der Waals surface area contributed by atoms with Crippen LogP contribution in [0.25, 0.3) is 29.2 Å². The van der Waals surface area contributed by atoms with Gasteiger partial charge in [-0.05, 0) is 49.1 Å². The molecule has 58 heavy (non-hydrogen) atoms. The fourth-order valence-corrected chi connectivity index (χ4v) is 11.8. The fraction of sp³-hybridized carbons (Fsp3) is 0.706. The highest BCUT2D eigenvalue weighted by molar-refractivity contribution is 7.39. The van der Waals surface area contributed by atoms with E-state index < -0.39 is 0 Å². The van der Waals surface area contributed by atoms with E-state index in [1.54, 1.807) is 22.7 Å². The standard InChI is InChI=1S/C51H80O4S3/c1-4-7-10-13-16-19-22-25-28-31-34-53-44-37-42(46-40-48-51(58-46)50-47(57-48)39-43(41-52)56-50)38-45(54-35-32-29-26-23-20-17-14-11-8-5-2)49(44)55-36-33-30-27-24-21-18-15-12-9-6-3/h37-41H,4-36H2,1-3H3. The molecule has 0 radical (unpaired) electrons. The average Bonchev–Trinajstić information content (AvgIpc) is 3.92. The summed E-state index contributed by atoms with van der Waals surface area (Å²) in [6.45, 7) is 8.93. The van der Waals surface area contributed by atoms with Crippen molar-refractivity contribution in [1.29, 1.82) is 0 Å². The first-order valence-corrected chi connectivity index (χ1v) is 26.6. The lowest BCUT2D eigenvalue weighted by atomic mass is 10.1. The van der Waals surface area contributed by atoms with Crippen LogP contribution in [0.3, 0.4) is 0 Å². The highest BCUT2D eigenvalue weighted by Gasteiger charge is 2.20. The third-order valence-electron chi connectivity index (χ3n) is 11.5. The van der Waals surface area contributed by atoms with E-state index in [-0.39, 0.29) is 0 Å².